The molecule has 19 heavy (non-hydrogen) atoms. The highest BCUT2D eigenvalue weighted by atomic mass is 19.1. The van der Waals surface area contributed by atoms with Gasteiger partial charge in [-0.3, -0.25) is 0 Å². The molecule has 0 aliphatic carbocycles. The van der Waals surface area contributed by atoms with Crippen LogP contribution in [0.4, 0.5) is 10.1 Å². The van der Waals surface area contributed by atoms with Gasteiger partial charge in [0.2, 0.25) is 0 Å². The van der Waals surface area contributed by atoms with Crippen LogP contribution in [-0.4, -0.2) is 31.5 Å². The molecule has 4 nitrogen and oxygen atoms in total. The van der Waals surface area contributed by atoms with Gasteiger partial charge < -0.3 is 19.9 Å². The maximum Gasteiger partial charge on any atom is 0.142 e. The first-order valence-corrected chi connectivity index (χ1v) is 6.60. The van der Waals surface area contributed by atoms with E-state index in [-0.39, 0.29) is 17.5 Å². The Labute approximate surface area is 111 Å². The molecule has 0 radical (unpaired) electrons. The van der Waals surface area contributed by atoms with Gasteiger partial charge in [0.25, 0.3) is 0 Å². The number of nitrogens with two attached hydrogens (primary N) is 1. The lowest BCUT2D eigenvalue weighted by Crippen LogP contribution is -2.44. The Bertz CT molecular complexity index is 460. The van der Waals surface area contributed by atoms with E-state index < -0.39 is 0 Å². The van der Waals surface area contributed by atoms with E-state index in [9.17, 15) is 4.39 Å². The van der Waals surface area contributed by atoms with Crippen LogP contribution in [0.15, 0.2) is 18.2 Å². The molecule has 2 fully saturated rings. The SMILES string of the molecule is Nc1cc(F)ccc1OC1CCOC2(CCOC2)C1. The number of rotatable bonds is 2. The molecule has 0 amide bonds. The molecule has 5 heteroatoms. The fraction of sp³-hybridized carbons (Fsp3) is 0.571. The van der Waals surface area contributed by atoms with Crippen LogP contribution in [0.1, 0.15) is 19.3 Å². The molecule has 1 aromatic rings. The Morgan fingerprint density at radius 3 is 3.00 bits per heavy atom. The third-order valence-corrected chi connectivity index (χ3v) is 3.78. The molecular weight excluding hydrogens is 249 g/mol. The van der Waals surface area contributed by atoms with Gasteiger partial charge in [0, 0.05) is 31.9 Å². The average molecular weight is 267 g/mol. The van der Waals surface area contributed by atoms with E-state index in [1.807, 2.05) is 0 Å². The molecule has 2 heterocycles. The normalized spacial score (nSPS) is 30.7. The molecule has 0 saturated carbocycles. The second kappa shape index (κ2) is 4.98. The fourth-order valence-electron chi connectivity index (χ4n) is 2.75. The predicted molar refractivity (Wildman–Crippen MR) is 68.6 cm³/mol. The maximum absolute atomic E-state index is 13.0. The summed E-state index contributed by atoms with van der Waals surface area (Å²) in [7, 11) is 0. The Morgan fingerprint density at radius 1 is 1.37 bits per heavy atom. The number of ether oxygens (including phenoxy) is 3. The average Bonchev–Trinajstić information content (AvgIpc) is 2.81. The lowest BCUT2D eigenvalue weighted by molar-refractivity contribution is -0.112. The fourth-order valence-corrected chi connectivity index (χ4v) is 2.75. The van der Waals surface area contributed by atoms with Crippen molar-refractivity contribution < 1.29 is 18.6 Å². The molecular formula is C14H18FNO3. The molecule has 2 saturated heterocycles. The Morgan fingerprint density at radius 2 is 2.26 bits per heavy atom. The first-order valence-electron chi connectivity index (χ1n) is 6.60. The molecule has 2 unspecified atom stereocenters. The van der Waals surface area contributed by atoms with Crippen molar-refractivity contribution in [3.63, 3.8) is 0 Å². The highest BCUT2D eigenvalue weighted by Gasteiger charge is 2.41. The summed E-state index contributed by atoms with van der Waals surface area (Å²) in [4.78, 5) is 0. The van der Waals surface area contributed by atoms with Crippen molar-refractivity contribution in [1.82, 2.24) is 0 Å². The van der Waals surface area contributed by atoms with Crippen LogP contribution in [-0.2, 0) is 9.47 Å². The molecule has 2 N–H and O–H groups in total. The van der Waals surface area contributed by atoms with Crippen LogP contribution < -0.4 is 10.5 Å². The largest absolute Gasteiger partial charge is 0.488 e. The zero-order valence-electron chi connectivity index (χ0n) is 10.7. The van der Waals surface area contributed by atoms with Gasteiger partial charge >= 0.3 is 0 Å². The van der Waals surface area contributed by atoms with Gasteiger partial charge in [-0.05, 0) is 12.1 Å². The lowest BCUT2D eigenvalue weighted by atomic mass is 9.91. The minimum atomic E-state index is -0.350. The lowest BCUT2D eigenvalue weighted by Gasteiger charge is -2.37. The van der Waals surface area contributed by atoms with E-state index in [2.05, 4.69) is 0 Å². The number of hydrogen-bond acceptors (Lipinski definition) is 4. The number of halogens is 1. The van der Waals surface area contributed by atoms with E-state index in [1.165, 1.54) is 12.1 Å². The first-order chi connectivity index (χ1) is 9.17. The smallest absolute Gasteiger partial charge is 0.142 e. The Kier molecular flexibility index (Phi) is 3.33. The zero-order valence-corrected chi connectivity index (χ0v) is 10.7. The van der Waals surface area contributed by atoms with Crippen molar-refractivity contribution in [3.8, 4) is 5.75 Å². The van der Waals surface area contributed by atoms with Crippen LogP contribution in [0.3, 0.4) is 0 Å². The standard InChI is InChI=1S/C14H18FNO3/c15-10-1-2-13(12(16)7-10)19-11-3-5-18-14(8-11)4-6-17-9-14/h1-2,7,11H,3-6,8-9,16H2. The van der Waals surface area contributed by atoms with E-state index in [0.717, 1.165) is 25.9 Å². The van der Waals surface area contributed by atoms with E-state index >= 15 is 0 Å². The van der Waals surface area contributed by atoms with Gasteiger partial charge in [-0.2, -0.15) is 0 Å². The highest BCUT2D eigenvalue weighted by Crippen LogP contribution is 2.35. The summed E-state index contributed by atoms with van der Waals surface area (Å²) >= 11 is 0. The molecule has 104 valence electrons. The predicted octanol–water partition coefficient (Wildman–Crippen LogP) is 2.12. The summed E-state index contributed by atoms with van der Waals surface area (Å²) in [6.45, 7) is 2.03. The van der Waals surface area contributed by atoms with Crippen molar-refractivity contribution in [3.05, 3.63) is 24.0 Å². The highest BCUT2D eigenvalue weighted by molar-refractivity contribution is 5.52. The van der Waals surface area contributed by atoms with Gasteiger partial charge in [-0.15, -0.1) is 0 Å². The van der Waals surface area contributed by atoms with Gasteiger partial charge in [-0.1, -0.05) is 0 Å². The van der Waals surface area contributed by atoms with E-state index in [4.69, 9.17) is 19.9 Å². The quantitative estimate of drug-likeness (QED) is 0.834. The third-order valence-electron chi connectivity index (χ3n) is 3.78. The van der Waals surface area contributed by atoms with Crippen molar-refractivity contribution in [2.24, 2.45) is 0 Å². The Balaban J connectivity index is 1.69. The second-order valence-corrected chi connectivity index (χ2v) is 5.25. The van der Waals surface area contributed by atoms with Gasteiger partial charge in [0.05, 0.1) is 24.5 Å². The summed E-state index contributed by atoms with van der Waals surface area (Å²) in [5.41, 5.74) is 5.90. The zero-order chi connectivity index (χ0) is 13.3. The maximum atomic E-state index is 13.0. The summed E-state index contributed by atoms with van der Waals surface area (Å²) in [5, 5.41) is 0. The molecule has 0 aromatic heterocycles. The molecule has 2 aliphatic heterocycles. The number of benzene rings is 1. The third kappa shape index (κ3) is 2.67. The second-order valence-electron chi connectivity index (χ2n) is 5.25. The van der Waals surface area contributed by atoms with Crippen molar-refractivity contribution in [2.75, 3.05) is 25.6 Å². The summed E-state index contributed by atoms with van der Waals surface area (Å²) in [5.74, 6) is 0.194. The van der Waals surface area contributed by atoms with Crippen LogP contribution in [0, 0.1) is 5.82 Å². The van der Waals surface area contributed by atoms with Crippen molar-refractivity contribution in [2.45, 2.75) is 31.0 Å². The topological polar surface area (TPSA) is 53.7 Å². The monoisotopic (exact) mass is 267 g/mol. The summed E-state index contributed by atoms with van der Waals surface area (Å²) in [6, 6.07) is 4.22. The molecule has 1 aromatic carbocycles. The number of nitrogen functional groups attached to an aromatic ring is 1. The molecule has 2 atom stereocenters. The number of anilines is 1. The minimum absolute atomic E-state index is 0.0446. The van der Waals surface area contributed by atoms with Crippen LogP contribution >= 0.6 is 0 Å². The van der Waals surface area contributed by atoms with Crippen LogP contribution in [0.5, 0.6) is 5.75 Å². The summed E-state index contributed by atoms with van der Waals surface area (Å²) < 4.78 is 30.2. The van der Waals surface area contributed by atoms with E-state index in [1.54, 1.807) is 6.07 Å². The van der Waals surface area contributed by atoms with Gasteiger partial charge in [-0.25, -0.2) is 4.39 Å². The van der Waals surface area contributed by atoms with Crippen LogP contribution in [0.2, 0.25) is 0 Å². The number of hydrogen-bond donors (Lipinski definition) is 1. The minimum Gasteiger partial charge on any atom is -0.488 e. The van der Waals surface area contributed by atoms with Crippen LogP contribution in [0.25, 0.3) is 0 Å². The van der Waals surface area contributed by atoms with Crippen molar-refractivity contribution >= 4 is 5.69 Å². The molecule has 3 rings (SSSR count). The Hall–Kier alpha value is -1.33. The molecule has 2 aliphatic rings. The van der Waals surface area contributed by atoms with Gasteiger partial charge in [0.1, 0.15) is 17.7 Å². The summed E-state index contributed by atoms with van der Waals surface area (Å²) in [6.07, 6.45) is 2.57. The molecule has 0 bridgehead atoms. The van der Waals surface area contributed by atoms with E-state index in [0.29, 0.717) is 24.7 Å². The van der Waals surface area contributed by atoms with Crippen molar-refractivity contribution in [1.29, 1.82) is 0 Å². The first kappa shape index (κ1) is 12.7. The molecule has 1 spiro atoms. The van der Waals surface area contributed by atoms with Gasteiger partial charge in [0.15, 0.2) is 0 Å².